The van der Waals surface area contributed by atoms with E-state index >= 15 is 0 Å². The van der Waals surface area contributed by atoms with Crippen LogP contribution in [-0.2, 0) is 9.63 Å². The summed E-state index contributed by atoms with van der Waals surface area (Å²) in [6, 6.07) is 5.06. The van der Waals surface area contributed by atoms with Gasteiger partial charge in [-0.15, -0.1) is 5.10 Å². The molecular formula is C13H11Cl2N5O2. The average Bonchev–Trinajstić information content (AvgIpc) is 3.08. The molecule has 0 saturated heterocycles. The smallest absolute Gasteiger partial charge is 0.271 e. The van der Waals surface area contributed by atoms with Gasteiger partial charge in [0.2, 0.25) is 12.1 Å². The van der Waals surface area contributed by atoms with Crippen LogP contribution < -0.4 is 5.32 Å². The number of amides is 1. The molecule has 1 amide bonds. The third kappa shape index (κ3) is 3.05. The lowest BCUT2D eigenvalue weighted by molar-refractivity contribution is -0.125. The summed E-state index contributed by atoms with van der Waals surface area (Å²) in [5.41, 5.74) is 1.28. The Morgan fingerprint density at radius 1 is 1.45 bits per heavy atom. The van der Waals surface area contributed by atoms with E-state index in [2.05, 4.69) is 25.7 Å². The third-order valence-corrected chi connectivity index (χ3v) is 3.58. The van der Waals surface area contributed by atoms with E-state index in [0.29, 0.717) is 33.6 Å². The minimum absolute atomic E-state index is 0.198. The number of rotatable bonds is 3. The number of carbonyl (C=O) groups excluding carboxylic acids is 1. The molecule has 0 saturated carbocycles. The van der Waals surface area contributed by atoms with Gasteiger partial charge in [0, 0.05) is 17.0 Å². The molecule has 0 aliphatic carbocycles. The van der Waals surface area contributed by atoms with Crippen molar-refractivity contribution in [3.8, 4) is 0 Å². The number of aromatic nitrogens is 3. The average molecular weight is 340 g/mol. The van der Waals surface area contributed by atoms with Gasteiger partial charge in [0.15, 0.2) is 0 Å². The minimum atomic E-state index is -0.749. The van der Waals surface area contributed by atoms with E-state index in [1.165, 1.54) is 0 Å². The highest BCUT2D eigenvalue weighted by Crippen LogP contribution is 2.26. The zero-order valence-corrected chi connectivity index (χ0v) is 12.9. The molecule has 1 aromatic heterocycles. The van der Waals surface area contributed by atoms with Crippen molar-refractivity contribution in [2.45, 2.75) is 19.4 Å². The van der Waals surface area contributed by atoms with Gasteiger partial charge in [0.1, 0.15) is 5.82 Å². The van der Waals surface area contributed by atoms with Gasteiger partial charge in [-0.25, -0.2) is 0 Å². The molecule has 1 aliphatic rings. The molecule has 1 aliphatic heterocycles. The number of nitrogens with one attached hydrogen (secondary N) is 2. The summed E-state index contributed by atoms with van der Waals surface area (Å²) in [7, 11) is 0. The number of aromatic amines is 1. The third-order valence-electron chi connectivity index (χ3n) is 3.04. The van der Waals surface area contributed by atoms with Crippen molar-refractivity contribution in [3.05, 3.63) is 39.6 Å². The highest BCUT2D eigenvalue weighted by Gasteiger charge is 2.30. The SMILES string of the molecule is Cc1nc(NC(=O)C2CC(c3ccc(Cl)cc3Cl)=NO2)n[nH]1. The number of nitrogens with zero attached hydrogens (tertiary/aromatic N) is 3. The lowest BCUT2D eigenvalue weighted by atomic mass is 10.0. The summed E-state index contributed by atoms with van der Waals surface area (Å²) in [5.74, 6) is 0.430. The fourth-order valence-corrected chi connectivity index (χ4v) is 2.51. The molecule has 22 heavy (non-hydrogen) atoms. The van der Waals surface area contributed by atoms with Crippen LogP contribution in [0.4, 0.5) is 5.95 Å². The van der Waals surface area contributed by atoms with Crippen LogP contribution in [0, 0.1) is 6.92 Å². The largest absolute Gasteiger partial charge is 0.382 e. The van der Waals surface area contributed by atoms with Crippen molar-refractivity contribution in [2.75, 3.05) is 5.32 Å². The number of aryl methyl sites for hydroxylation is 1. The number of hydrogen-bond acceptors (Lipinski definition) is 5. The number of anilines is 1. The van der Waals surface area contributed by atoms with Crippen LogP contribution >= 0.6 is 23.2 Å². The summed E-state index contributed by atoms with van der Waals surface area (Å²) < 4.78 is 0. The van der Waals surface area contributed by atoms with Gasteiger partial charge in [-0.2, -0.15) is 4.98 Å². The van der Waals surface area contributed by atoms with Crippen molar-refractivity contribution in [1.82, 2.24) is 15.2 Å². The minimum Gasteiger partial charge on any atom is -0.382 e. The standard InChI is InChI=1S/C13H11Cl2N5O2/c1-6-16-13(19-18-6)17-12(21)11-5-10(20-22-11)8-3-2-7(14)4-9(8)15/h2-4,11H,5H2,1H3,(H2,16,17,18,19,21). The van der Waals surface area contributed by atoms with Gasteiger partial charge in [-0.3, -0.25) is 15.2 Å². The van der Waals surface area contributed by atoms with Crippen LogP contribution in [0.2, 0.25) is 10.0 Å². The maximum Gasteiger partial charge on any atom is 0.271 e. The molecule has 1 atom stereocenters. The first-order valence-electron chi connectivity index (χ1n) is 6.41. The predicted molar refractivity (Wildman–Crippen MR) is 82.2 cm³/mol. The molecule has 1 unspecified atom stereocenters. The highest BCUT2D eigenvalue weighted by atomic mass is 35.5. The van der Waals surface area contributed by atoms with Crippen LogP contribution in [0.3, 0.4) is 0 Å². The zero-order chi connectivity index (χ0) is 15.7. The van der Waals surface area contributed by atoms with E-state index in [1.807, 2.05) is 0 Å². The molecule has 9 heteroatoms. The first-order chi connectivity index (χ1) is 10.5. The second-order valence-electron chi connectivity index (χ2n) is 4.69. The second kappa shape index (κ2) is 5.94. The van der Waals surface area contributed by atoms with E-state index in [1.54, 1.807) is 25.1 Å². The van der Waals surface area contributed by atoms with E-state index in [0.717, 1.165) is 0 Å². The first kappa shape index (κ1) is 14.8. The molecule has 0 fully saturated rings. The molecule has 1 aromatic carbocycles. The Kier molecular flexibility index (Phi) is 4.00. The molecule has 7 nitrogen and oxygen atoms in total. The van der Waals surface area contributed by atoms with Gasteiger partial charge < -0.3 is 4.84 Å². The van der Waals surface area contributed by atoms with Crippen molar-refractivity contribution < 1.29 is 9.63 Å². The highest BCUT2D eigenvalue weighted by molar-refractivity contribution is 6.37. The molecule has 2 aromatic rings. The van der Waals surface area contributed by atoms with Gasteiger partial charge in [0.05, 0.1) is 10.7 Å². The zero-order valence-electron chi connectivity index (χ0n) is 11.4. The predicted octanol–water partition coefficient (Wildman–Crippen LogP) is 2.55. The van der Waals surface area contributed by atoms with Crippen LogP contribution in [-0.4, -0.2) is 32.9 Å². The molecular weight excluding hydrogens is 329 g/mol. The number of oxime groups is 1. The van der Waals surface area contributed by atoms with E-state index in [9.17, 15) is 4.79 Å². The Morgan fingerprint density at radius 3 is 2.95 bits per heavy atom. The van der Waals surface area contributed by atoms with E-state index in [4.69, 9.17) is 28.0 Å². The van der Waals surface area contributed by atoms with Gasteiger partial charge in [-0.1, -0.05) is 34.4 Å². The summed E-state index contributed by atoms with van der Waals surface area (Å²) in [6.45, 7) is 1.73. The normalized spacial score (nSPS) is 17.0. The van der Waals surface area contributed by atoms with Gasteiger partial charge in [-0.05, 0) is 19.1 Å². The number of halogens is 2. The summed E-state index contributed by atoms with van der Waals surface area (Å²) >= 11 is 12.0. The lowest BCUT2D eigenvalue weighted by Gasteiger charge is -2.06. The van der Waals surface area contributed by atoms with Crippen molar-refractivity contribution in [3.63, 3.8) is 0 Å². The number of hydrogen-bond donors (Lipinski definition) is 2. The first-order valence-corrected chi connectivity index (χ1v) is 7.16. The van der Waals surface area contributed by atoms with Gasteiger partial charge in [0.25, 0.3) is 5.91 Å². The Labute approximate surface area is 135 Å². The van der Waals surface area contributed by atoms with Crippen molar-refractivity contribution in [2.24, 2.45) is 5.16 Å². The Hall–Kier alpha value is -2.12. The Bertz CT molecular complexity index is 759. The quantitative estimate of drug-likeness (QED) is 0.898. The molecule has 0 spiro atoms. The van der Waals surface area contributed by atoms with Gasteiger partial charge >= 0.3 is 0 Å². The van der Waals surface area contributed by atoms with Crippen LogP contribution in [0.1, 0.15) is 17.8 Å². The summed E-state index contributed by atoms with van der Waals surface area (Å²) in [6.07, 6.45) is -0.447. The number of H-pyrrole nitrogens is 1. The van der Waals surface area contributed by atoms with E-state index in [-0.39, 0.29) is 11.9 Å². The topological polar surface area (TPSA) is 92.3 Å². The molecule has 0 bridgehead atoms. The fourth-order valence-electron chi connectivity index (χ4n) is 1.99. The lowest BCUT2D eigenvalue weighted by Crippen LogP contribution is -2.28. The summed E-state index contributed by atoms with van der Waals surface area (Å²) in [5, 5.41) is 13.9. The fraction of sp³-hybridized carbons (Fsp3) is 0.231. The molecule has 2 N–H and O–H groups in total. The Morgan fingerprint density at radius 2 is 2.27 bits per heavy atom. The molecule has 114 valence electrons. The van der Waals surface area contributed by atoms with Crippen LogP contribution in [0.5, 0.6) is 0 Å². The maximum absolute atomic E-state index is 12.1. The Balaban J connectivity index is 1.67. The molecule has 2 heterocycles. The summed E-state index contributed by atoms with van der Waals surface area (Å²) in [4.78, 5) is 21.2. The monoisotopic (exact) mass is 339 g/mol. The second-order valence-corrected chi connectivity index (χ2v) is 5.54. The molecule has 3 rings (SSSR count). The number of carbonyl (C=O) groups is 1. The van der Waals surface area contributed by atoms with Crippen LogP contribution in [0.15, 0.2) is 23.4 Å². The number of benzene rings is 1. The van der Waals surface area contributed by atoms with Crippen molar-refractivity contribution >= 4 is 40.8 Å². The van der Waals surface area contributed by atoms with Crippen molar-refractivity contribution in [1.29, 1.82) is 0 Å². The van der Waals surface area contributed by atoms with E-state index < -0.39 is 6.10 Å². The maximum atomic E-state index is 12.1. The molecule has 0 radical (unpaired) electrons. The van der Waals surface area contributed by atoms with Crippen LogP contribution in [0.25, 0.3) is 0 Å².